The summed E-state index contributed by atoms with van der Waals surface area (Å²) in [6.07, 6.45) is 5.75. The number of amides is 1. The predicted molar refractivity (Wildman–Crippen MR) is 123 cm³/mol. The Morgan fingerprint density at radius 1 is 1.06 bits per heavy atom. The van der Waals surface area contributed by atoms with Crippen LogP contribution in [0.1, 0.15) is 43.2 Å². The first-order valence-electron chi connectivity index (χ1n) is 10.9. The highest BCUT2D eigenvalue weighted by atomic mass is 32.2. The van der Waals surface area contributed by atoms with Gasteiger partial charge in [0.25, 0.3) is 10.0 Å². The lowest BCUT2D eigenvalue weighted by Gasteiger charge is -2.25. The van der Waals surface area contributed by atoms with E-state index in [0.717, 1.165) is 24.0 Å². The molecule has 1 aliphatic carbocycles. The number of carbonyl (C=O) groups excluding carboxylic acids is 1. The quantitative estimate of drug-likeness (QED) is 0.563. The third-order valence-electron chi connectivity index (χ3n) is 5.70. The Kier molecular flexibility index (Phi) is 8.09. The maximum atomic E-state index is 13.3. The molecular formula is C24H32N2O4S. The molecule has 0 radical (unpaired) electrons. The van der Waals surface area contributed by atoms with Gasteiger partial charge in [-0.2, -0.15) is 0 Å². The van der Waals surface area contributed by atoms with Crippen LogP contribution in [0.2, 0.25) is 0 Å². The molecule has 168 valence electrons. The third-order valence-corrected chi connectivity index (χ3v) is 7.48. The third kappa shape index (κ3) is 6.31. The number of nitrogens with zero attached hydrogens (tertiary/aromatic N) is 1. The zero-order valence-corrected chi connectivity index (χ0v) is 19.2. The maximum absolute atomic E-state index is 13.3. The Hall–Kier alpha value is -2.38. The van der Waals surface area contributed by atoms with Gasteiger partial charge in [0.1, 0.15) is 6.54 Å². The van der Waals surface area contributed by atoms with Crippen molar-refractivity contribution in [2.75, 3.05) is 24.0 Å². The van der Waals surface area contributed by atoms with Crippen LogP contribution in [0.25, 0.3) is 0 Å². The van der Waals surface area contributed by atoms with Gasteiger partial charge in [0.15, 0.2) is 0 Å². The van der Waals surface area contributed by atoms with E-state index in [-0.39, 0.29) is 17.3 Å². The van der Waals surface area contributed by atoms with E-state index in [0.29, 0.717) is 31.4 Å². The van der Waals surface area contributed by atoms with Crippen LogP contribution < -0.4 is 9.62 Å². The second-order valence-electron chi connectivity index (χ2n) is 8.07. The second-order valence-corrected chi connectivity index (χ2v) is 9.94. The summed E-state index contributed by atoms with van der Waals surface area (Å²) in [6, 6.07) is 13.6. The van der Waals surface area contributed by atoms with E-state index in [9.17, 15) is 13.2 Å². The summed E-state index contributed by atoms with van der Waals surface area (Å²) in [5.74, 6) is -0.335. The fraction of sp³-hybridized carbons (Fsp3) is 0.458. The molecule has 1 amide bonds. The number of hydrogen-bond acceptors (Lipinski definition) is 4. The predicted octanol–water partition coefficient (Wildman–Crippen LogP) is 3.96. The number of rotatable bonds is 10. The van der Waals surface area contributed by atoms with Gasteiger partial charge in [0, 0.05) is 13.2 Å². The van der Waals surface area contributed by atoms with Crippen LogP contribution in [0, 0.1) is 13.8 Å². The van der Waals surface area contributed by atoms with Gasteiger partial charge in [-0.1, -0.05) is 37.1 Å². The van der Waals surface area contributed by atoms with Gasteiger partial charge in [-0.3, -0.25) is 9.10 Å². The molecule has 0 unspecified atom stereocenters. The Morgan fingerprint density at radius 3 is 2.45 bits per heavy atom. The number of nitrogens with one attached hydrogen (secondary N) is 1. The zero-order chi connectivity index (χ0) is 22.3. The standard InChI is InChI=1S/C24H32N2O4S/c1-19-13-14-21(17-20(19)2)26(31(28,29)23-11-4-3-5-12-23)18-24(27)25-15-8-16-30-22-9-6-7-10-22/h3-5,11-14,17,22H,6-10,15-16,18H2,1-2H3,(H,25,27). The molecule has 0 aliphatic heterocycles. The fourth-order valence-corrected chi connectivity index (χ4v) is 5.14. The average Bonchev–Trinajstić information content (AvgIpc) is 3.28. The van der Waals surface area contributed by atoms with Crippen molar-refractivity contribution in [3.05, 3.63) is 59.7 Å². The van der Waals surface area contributed by atoms with E-state index < -0.39 is 10.0 Å². The maximum Gasteiger partial charge on any atom is 0.264 e. The van der Waals surface area contributed by atoms with Gasteiger partial charge in [-0.15, -0.1) is 0 Å². The van der Waals surface area contributed by atoms with Gasteiger partial charge in [-0.25, -0.2) is 8.42 Å². The first-order chi connectivity index (χ1) is 14.9. The summed E-state index contributed by atoms with van der Waals surface area (Å²) >= 11 is 0. The number of benzene rings is 2. The highest BCUT2D eigenvalue weighted by Crippen LogP contribution is 2.25. The molecule has 6 nitrogen and oxygen atoms in total. The van der Waals surface area contributed by atoms with Gasteiger partial charge >= 0.3 is 0 Å². The zero-order valence-electron chi connectivity index (χ0n) is 18.3. The number of anilines is 1. The highest BCUT2D eigenvalue weighted by molar-refractivity contribution is 7.92. The minimum atomic E-state index is -3.88. The minimum Gasteiger partial charge on any atom is -0.378 e. The van der Waals surface area contributed by atoms with E-state index in [2.05, 4.69) is 5.32 Å². The molecular weight excluding hydrogens is 412 g/mol. The van der Waals surface area contributed by atoms with Crippen LogP contribution in [0.5, 0.6) is 0 Å². The Morgan fingerprint density at radius 2 is 1.77 bits per heavy atom. The van der Waals surface area contributed by atoms with Crippen molar-refractivity contribution in [2.24, 2.45) is 0 Å². The summed E-state index contributed by atoms with van der Waals surface area (Å²) in [5.41, 5.74) is 2.51. The Balaban J connectivity index is 1.66. The molecule has 0 spiro atoms. The van der Waals surface area contributed by atoms with Crippen molar-refractivity contribution >= 4 is 21.6 Å². The number of ether oxygens (including phenoxy) is 1. The molecule has 2 aromatic carbocycles. The van der Waals surface area contributed by atoms with Crippen molar-refractivity contribution in [1.29, 1.82) is 0 Å². The highest BCUT2D eigenvalue weighted by Gasteiger charge is 2.27. The first kappa shape index (κ1) is 23.3. The molecule has 1 saturated carbocycles. The van der Waals surface area contributed by atoms with Crippen molar-refractivity contribution < 1.29 is 17.9 Å². The summed E-state index contributed by atoms with van der Waals surface area (Å²) in [7, 11) is -3.88. The second kappa shape index (κ2) is 10.8. The van der Waals surface area contributed by atoms with Gasteiger partial charge in [0.2, 0.25) is 5.91 Å². The minimum absolute atomic E-state index is 0.158. The lowest BCUT2D eigenvalue weighted by molar-refractivity contribution is -0.119. The smallest absolute Gasteiger partial charge is 0.264 e. The average molecular weight is 445 g/mol. The fourth-order valence-electron chi connectivity index (χ4n) is 3.71. The van der Waals surface area contributed by atoms with Crippen LogP contribution >= 0.6 is 0 Å². The lowest BCUT2D eigenvalue weighted by atomic mass is 10.1. The molecule has 0 atom stereocenters. The molecule has 1 fully saturated rings. The summed E-state index contributed by atoms with van der Waals surface area (Å²) in [5, 5.41) is 2.83. The van der Waals surface area contributed by atoms with E-state index >= 15 is 0 Å². The number of aryl methyl sites for hydroxylation is 2. The van der Waals surface area contributed by atoms with Gasteiger partial charge < -0.3 is 10.1 Å². The molecule has 1 aliphatic rings. The van der Waals surface area contributed by atoms with Crippen LogP contribution in [0.4, 0.5) is 5.69 Å². The number of carbonyl (C=O) groups is 1. The SMILES string of the molecule is Cc1ccc(N(CC(=O)NCCCOC2CCCC2)S(=O)(=O)c2ccccc2)cc1C. The van der Waals surface area contributed by atoms with E-state index in [1.807, 2.05) is 19.9 Å². The summed E-state index contributed by atoms with van der Waals surface area (Å²) in [4.78, 5) is 12.8. The topological polar surface area (TPSA) is 75.7 Å². The molecule has 0 aromatic heterocycles. The number of hydrogen-bond donors (Lipinski definition) is 1. The molecule has 1 N–H and O–H groups in total. The monoisotopic (exact) mass is 444 g/mol. The Labute approximate surface area is 185 Å². The molecule has 3 rings (SSSR count). The van der Waals surface area contributed by atoms with Crippen molar-refractivity contribution in [3.8, 4) is 0 Å². The molecule has 0 heterocycles. The van der Waals surface area contributed by atoms with E-state index in [1.165, 1.54) is 17.1 Å². The molecule has 7 heteroatoms. The molecule has 0 bridgehead atoms. The number of sulfonamides is 1. The van der Waals surface area contributed by atoms with Crippen molar-refractivity contribution in [3.63, 3.8) is 0 Å². The summed E-state index contributed by atoms with van der Waals surface area (Å²) < 4.78 is 33.6. The van der Waals surface area contributed by atoms with Crippen LogP contribution in [0.15, 0.2) is 53.4 Å². The normalized spacial score (nSPS) is 14.5. The van der Waals surface area contributed by atoms with Crippen LogP contribution in [0.3, 0.4) is 0 Å². The van der Waals surface area contributed by atoms with Gasteiger partial charge in [-0.05, 0) is 68.5 Å². The summed E-state index contributed by atoms with van der Waals surface area (Å²) in [6.45, 7) is 4.68. The molecule has 0 saturated heterocycles. The van der Waals surface area contributed by atoms with E-state index in [1.54, 1.807) is 42.5 Å². The van der Waals surface area contributed by atoms with Crippen LogP contribution in [-0.2, 0) is 19.6 Å². The van der Waals surface area contributed by atoms with Crippen molar-refractivity contribution in [1.82, 2.24) is 5.32 Å². The van der Waals surface area contributed by atoms with Crippen molar-refractivity contribution in [2.45, 2.75) is 57.0 Å². The lowest BCUT2D eigenvalue weighted by Crippen LogP contribution is -2.41. The van der Waals surface area contributed by atoms with Gasteiger partial charge in [0.05, 0.1) is 16.7 Å². The van der Waals surface area contributed by atoms with Crippen LogP contribution in [-0.4, -0.2) is 40.1 Å². The van der Waals surface area contributed by atoms with E-state index in [4.69, 9.17) is 4.74 Å². The molecule has 2 aromatic rings. The molecule has 31 heavy (non-hydrogen) atoms. The largest absolute Gasteiger partial charge is 0.378 e. The first-order valence-corrected chi connectivity index (χ1v) is 12.4. The Bertz CT molecular complexity index is 970.